The number of aromatic amines is 1. The minimum atomic E-state index is -0.724. The topological polar surface area (TPSA) is 124 Å². The number of H-pyrrole nitrogens is 1. The molecule has 37 heavy (non-hydrogen) atoms. The number of hydrogen-bond donors (Lipinski definition) is 1. The first kappa shape index (κ1) is 25.1. The highest BCUT2D eigenvalue weighted by Gasteiger charge is 2.22. The van der Waals surface area contributed by atoms with Gasteiger partial charge in [-0.3, -0.25) is 9.89 Å². The molecule has 1 aromatic heterocycles. The van der Waals surface area contributed by atoms with Gasteiger partial charge >= 0.3 is 11.9 Å². The van der Waals surface area contributed by atoms with E-state index in [1.807, 2.05) is 36.4 Å². The van der Waals surface area contributed by atoms with Crippen LogP contribution in [0.1, 0.15) is 27.8 Å². The Morgan fingerprint density at radius 3 is 2.16 bits per heavy atom. The number of hydrogen-bond acceptors (Lipinski definition) is 8. The normalized spacial score (nSPS) is 10.8. The molecular formula is C27H24N4O6. The number of esters is 2. The molecule has 0 unspecified atom stereocenters. The van der Waals surface area contributed by atoms with E-state index in [9.17, 15) is 14.4 Å². The molecule has 1 heterocycles. The molecule has 0 atom stereocenters. The highest BCUT2D eigenvalue weighted by atomic mass is 16.6. The van der Waals surface area contributed by atoms with E-state index in [1.54, 1.807) is 43.3 Å². The average molecular weight is 501 g/mol. The molecule has 3 aromatic carbocycles. The van der Waals surface area contributed by atoms with Crippen molar-refractivity contribution in [1.82, 2.24) is 9.78 Å². The molecule has 0 spiro atoms. The van der Waals surface area contributed by atoms with Crippen LogP contribution < -0.4 is 10.3 Å². The van der Waals surface area contributed by atoms with Gasteiger partial charge in [0.25, 0.3) is 5.56 Å². The van der Waals surface area contributed by atoms with E-state index < -0.39 is 17.5 Å². The first-order valence-corrected chi connectivity index (χ1v) is 11.5. The second kappa shape index (κ2) is 12.1. The van der Waals surface area contributed by atoms with Crippen molar-refractivity contribution in [3.05, 3.63) is 107 Å². The second-order valence-electron chi connectivity index (χ2n) is 7.58. The van der Waals surface area contributed by atoms with Gasteiger partial charge in [-0.25, -0.2) is 14.3 Å². The fraction of sp³-hybridized carbons (Fsp3) is 0.148. The minimum absolute atomic E-state index is 0.0903. The lowest BCUT2D eigenvalue weighted by Gasteiger charge is -2.07. The van der Waals surface area contributed by atoms with Crippen molar-refractivity contribution in [2.24, 2.45) is 10.2 Å². The molecule has 4 rings (SSSR count). The molecule has 0 bridgehead atoms. The van der Waals surface area contributed by atoms with Crippen molar-refractivity contribution in [2.75, 3.05) is 19.8 Å². The number of nitrogens with one attached hydrogen (secondary N) is 1. The SMILES string of the molecule is CCOC(=O)c1[nH]n(-c2ccccc2)c(=O)c1N=Nc1ccc(C(=O)OCCOc2ccccc2)cc1. The Labute approximate surface area is 212 Å². The molecule has 0 saturated heterocycles. The first-order valence-electron chi connectivity index (χ1n) is 11.5. The Morgan fingerprint density at radius 2 is 1.49 bits per heavy atom. The quantitative estimate of drug-likeness (QED) is 0.186. The smallest absolute Gasteiger partial charge is 0.358 e. The molecule has 0 saturated carbocycles. The molecule has 0 amide bonds. The first-order chi connectivity index (χ1) is 18.1. The lowest BCUT2D eigenvalue weighted by molar-refractivity contribution is 0.0449. The number of benzene rings is 3. The predicted octanol–water partition coefficient (Wildman–Crippen LogP) is 4.99. The largest absolute Gasteiger partial charge is 0.490 e. The summed E-state index contributed by atoms with van der Waals surface area (Å²) in [4.78, 5) is 37.7. The van der Waals surface area contributed by atoms with Gasteiger partial charge in [0.15, 0.2) is 11.4 Å². The van der Waals surface area contributed by atoms with Gasteiger partial charge < -0.3 is 14.2 Å². The molecular weight excluding hydrogens is 476 g/mol. The maximum absolute atomic E-state index is 13.0. The zero-order valence-corrected chi connectivity index (χ0v) is 20.0. The van der Waals surface area contributed by atoms with E-state index >= 15 is 0 Å². The van der Waals surface area contributed by atoms with Crippen LogP contribution >= 0.6 is 0 Å². The van der Waals surface area contributed by atoms with Crippen molar-refractivity contribution in [3.8, 4) is 11.4 Å². The summed E-state index contributed by atoms with van der Waals surface area (Å²) in [5, 5.41) is 10.8. The zero-order valence-electron chi connectivity index (χ0n) is 20.0. The van der Waals surface area contributed by atoms with Gasteiger partial charge in [0.1, 0.15) is 19.0 Å². The van der Waals surface area contributed by atoms with Crippen molar-refractivity contribution >= 4 is 23.3 Å². The number of carbonyl (C=O) groups is 2. The summed E-state index contributed by atoms with van der Waals surface area (Å²) < 4.78 is 17.0. The number of aromatic nitrogens is 2. The number of ether oxygens (including phenoxy) is 3. The van der Waals surface area contributed by atoms with Gasteiger partial charge in [-0.2, -0.15) is 5.11 Å². The van der Waals surface area contributed by atoms with Crippen LogP contribution in [0, 0.1) is 0 Å². The van der Waals surface area contributed by atoms with Crippen LogP contribution in [0.25, 0.3) is 5.69 Å². The summed E-state index contributed by atoms with van der Waals surface area (Å²) in [6, 6.07) is 24.1. The fourth-order valence-corrected chi connectivity index (χ4v) is 3.29. The van der Waals surface area contributed by atoms with Gasteiger partial charge in [-0.05, 0) is 55.5 Å². The predicted molar refractivity (Wildman–Crippen MR) is 135 cm³/mol. The van der Waals surface area contributed by atoms with E-state index in [0.717, 1.165) is 0 Å². The lowest BCUT2D eigenvalue weighted by Crippen LogP contribution is -2.13. The average Bonchev–Trinajstić information content (AvgIpc) is 3.27. The summed E-state index contributed by atoms with van der Waals surface area (Å²) >= 11 is 0. The van der Waals surface area contributed by atoms with Gasteiger partial charge in [0, 0.05) is 0 Å². The van der Waals surface area contributed by atoms with Gasteiger partial charge in [0.2, 0.25) is 0 Å². The number of nitrogens with zero attached hydrogens (tertiary/aromatic N) is 3. The van der Waals surface area contributed by atoms with E-state index in [2.05, 4.69) is 15.3 Å². The molecule has 0 radical (unpaired) electrons. The van der Waals surface area contributed by atoms with Crippen LogP contribution in [-0.2, 0) is 9.47 Å². The molecule has 4 aromatic rings. The fourth-order valence-electron chi connectivity index (χ4n) is 3.29. The summed E-state index contributed by atoms with van der Waals surface area (Å²) in [5.74, 6) is -0.545. The highest BCUT2D eigenvalue weighted by molar-refractivity contribution is 5.92. The summed E-state index contributed by atoms with van der Waals surface area (Å²) in [6.45, 7) is 2.10. The summed E-state index contributed by atoms with van der Waals surface area (Å²) in [7, 11) is 0. The number of para-hydroxylation sites is 2. The molecule has 0 aliphatic carbocycles. The van der Waals surface area contributed by atoms with E-state index in [0.29, 0.717) is 22.7 Å². The summed E-state index contributed by atoms with van der Waals surface area (Å²) in [6.07, 6.45) is 0. The highest BCUT2D eigenvalue weighted by Crippen LogP contribution is 2.21. The Balaban J connectivity index is 1.44. The van der Waals surface area contributed by atoms with Crippen LogP contribution in [0.2, 0.25) is 0 Å². The van der Waals surface area contributed by atoms with E-state index in [4.69, 9.17) is 14.2 Å². The van der Waals surface area contributed by atoms with Crippen LogP contribution in [0.3, 0.4) is 0 Å². The minimum Gasteiger partial charge on any atom is -0.490 e. The van der Waals surface area contributed by atoms with E-state index in [-0.39, 0.29) is 31.2 Å². The van der Waals surface area contributed by atoms with Crippen LogP contribution in [0.4, 0.5) is 11.4 Å². The third kappa shape index (κ3) is 6.37. The molecule has 0 fully saturated rings. The van der Waals surface area contributed by atoms with Crippen molar-refractivity contribution in [3.63, 3.8) is 0 Å². The Kier molecular flexibility index (Phi) is 8.22. The lowest BCUT2D eigenvalue weighted by atomic mass is 10.2. The van der Waals surface area contributed by atoms with Crippen LogP contribution in [0.15, 0.2) is 100.0 Å². The maximum atomic E-state index is 13.0. The Hall–Kier alpha value is -4.99. The van der Waals surface area contributed by atoms with Gasteiger partial charge in [-0.15, -0.1) is 5.11 Å². The van der Waals surface area contributed by atoms with Crippen molar-refractivity contribution in [2.45, 2.75) is 6.92 Å². The number of azo groups is 1. The Morgan fingerprint density at radius 1 is 0.811 bits per heavy atom. The standard InChI is InChI=1S/C27H24N4O6/c1-2-35-27(34)24-23(25(32)31(30-24)21-9-5-3-6-10-21)29-28-20-15-13-19(14-16-20)26(33)37-18-17-36-22-11-7-4-8-12-22/h3-16,30H,2,17-18H2,1H3. The second-order valence-corrected chi connectivity index (χ2v) is 7.58. The third-order valence-electron chi connectivity index (χ3n) is 5.06. The molecule has 0 aliphatic rings. The zero-order chi connectivity index (χ0) is 26.0. The van der Waals surface area contributed by atoms with Gasteiger partial charge in [-0.1, -0.05) is 36.4 Å². The van der Waals surface area contributed by atoms with Crippen LogP contribution in [-0.4, -0.2) is 41.5 Å². The maximum Gasteiger partial charge on any atom is 0.358 e. The number of rotatable bonds is 10. The molecule has 188 valence electrons. The van der Waals surface area contributed by atoms with Crippen molar-refractivity contribution < 1.29 is 23.8 Å². The van der Waals surface area contributed by atoms with Crippen molar-refractivity contribution in [1.29, 1.82) is 0 Å². The van der Waals surface area contributed by atoms with Gasteiger partial charge in [0.05, 0.1) is 23.5 Å². The molecule has 10 heteroatoms. The number of carbonyl (C=O) groups excluding carboxylic acids is 2. The molecule has 0 aliphatic heterocycles. The molecule has 10 nitrogen and oxygen atoms in total. The summed E-state index contributed by atoms with van der Waals surface area (Å²) in [5.41, 5.74) is 0.346. The van der Waals surface area contributed by atoms with Crippen LogP contribution in [0.5, 0.6) is 5.75 Å². The molecule has 1 N–H and O–H groups in total. The Bertz CT molecular complexity index is 1430. The van der Waals surface area contributed by atoms with E-state index in [1.165, 1.54) is 16.8 Å². The third-order valence-corrected chi connectivity index (χ3v) is 5.06. The monoisotopic (exact) mass is 500 g/mol.